The average molecular weight is 302 g/mol. The van der Waals surface area contributed by atoms with Gasteiger partial charge in [0.1, 0.15) is 0 Å². The van der Waals surface area contributed by atoms with Crippen LogP contribution in [0.3, 0.4) is 0 Å². The fraction of sp³-hybridized carbons (Fsp3) is 0.500. The van der Waals surface area contributed by atoms with E-state index in [9.17, 15) is 23.6 Å². The molecule has 0 aliphatic rings. The summed E-state index contributed by atoms with van der Waals surface area (Å²) in [6.07, 6.45) is 0.716. The largest absolute Gasteiger partial charge is 0.395 e. The van der Waals surface area contributed by atoms with Gasteiger partial charge in [0, 0.05) is 18.2 Å². The van der Waals surface area contributed by atoms with Crippen LogP contribution in [-0.2, 0) is 10.0 Å². The Morgan fingerprint density at radius 1 is 1.35 bits per heavy atom. The summed E-state index contributed by atoms with van der Waals surface area (Å²) in [5, 5.41) is 19.8. The summed E-state index contributed by atoms with van der Waals surface area (Å²) in [6, 6.07) is 4.02. The molecular weight excluding hydrogens is 284 g/mol. The van der Waals surface area contributed by atoms with Gasteiger partial charge in [0.25, 0.3) is 5.69 Å². The molecule has 0 radical (unpaired) electrons. The molecule has 20 heavy (non-hydrogen) atoms. The molecule has 7 nitrogen and oxygen atoms in total. The zero-order chi connectivity index (χ0) is 15.3. The number of nitro groups is 1. The van der Waals surface area contributed by atoms with Gasteiger partial charge >= 0.3 is 0 Å². The normalized spacial score (nSPS) is 14.8. The molecule has 1 rings (SSSR count). The topological polar surface area (TPSA) is 110 Å². The zero-order valence-corrected chi connectivity index (χ0v) is 12.1. The minimum atomic E-state index is -3.80. The maximum Gasteiger partial charge on any atom is 0.269 e. The van der Waals surface area contributed by atoms with Crippen LogP contribution in [0.15, 0.2) is 29.2 Å². The Kier molecular flexibility index (Phi) is 5.61. The van der Waals surface area contributed by atoms with Gasteiger partial charge in [-0.15, -0.1) is 0 Å². The van der Waals surface area contributed by atoms with Gasteiger partial charge in [-0.3, -0.25) is 10.1 Å². The Morgan fingerprint density at radius 2 is 1.90 bits per heavy atom. The van der Waals surface area contributed by atoms with Crippen LogP contribution >= 0.6 is 0 Å². The van der Waals surface area contributed by atoms with Crippen molar-refractivity contribution in [1.82, 2.24) is 4.72 Å². The highest BCUT2D eigenvalue weighted by Crippen LogP contribution is 2.17. The molecular formula is C12H18N2O5S. The second kappa shape index (κ2) is 6.78. The smallest absolute Gasteiger partial charge is 0.269 e. The van der Waals surface area contributed by atoms with Crippen molar-refractivity contribution in [2.24, 2.45) is 5.92 Å². The van der Waals surface area contributed by atoms with Crippen LogP contribution in [-0.4, -0.2) is 31.1 Å². The van der Waals surface area contributed by atoms with Gasteiger partial charge in [-0.2, -0.15) is 0 Å². The number of aliphatic hydroxyl groups excluding tert-OH is 1. The van der Waals surface area contributed by atoms with Crippen LogP contribution in [0.2, 0.25) is 0 Å². The monoisotopic (exact) mass is 302 g/mol. The van der Waals surface area contributed by atoms with Crippen LogP contribution in [0.5, 0.6) is 0 Å². The molecule has 0 aromatic heterocycles. The Hall–Kier alpha value is -1.51. The van der Waals surface area contributed by atoms with Crippen molar-refractivity contribution in [3.63, 3.8) is 0 Å². The van der Waals surface area contributed by atoms with E-state index in [4.69, 9.17) is 0 Å². The molecule has 0 fully saturated rings. The molecule has 0 saturated heterocycles. The maximum atomic E-state index is 12.1. The zero-order valence-electron chi connectivity index (χ0n) is 11.3. The molecule has 1 aromatic carbocycles. The third-order valence-electron chi connectivity index (χ3n) is 3.19. The molecule has 0 heterocycles. The highest BCUT2D eigenvalue weighted by atomic mass is 32.2. The third kappa shape index (κ3) is 3.99. The van der Waals surface area contributed by atoms with Gasteiger partial charge < -0.3 is 5.11 Å². The number of benzene rings is 1. The van der Waals surface area contributed by atoms with Crippen molar-refractivity contribution in [1.29, 1.82) is 0 Å². The summed E-state index contributed by atoms with van der Waals surface area (Å²) in [6.45, 7) is 3.42. The molecule has 0 amide bonds. The first kappa shape index (κ1) is 16.5. The molecule has 8 heteroatoms. The van der Waals surface area contributed by atoms with Gasteiger partial charge in [-0.05, 0) is 18.1 Å². The van der Waals surface area contributed by atoms with Crippen LogP contribution in [0.4, 0.5) is 5.69 Å². The molecule has 0 bridgehead atoms. The summed E-state index contributed by atoms with van der Waals surface area (Å²) in [5.74, 6) is -0.0205. The van der Waals surface area contributed by atoms with Gasteiger partial charge in [0.2, 0.25) is 10.0 Å². The second-order valence-corrected chi connectivity index (χ2v) is 6.26. The molecule has 0 aliphatic carbocycles. The number of aliphatic hydroxyl groups is 1. The molecule has 2 N–H and O–H groups in total. The minimum absolute atomic E-state index is 0.0205. The SMILES string of the molecule is CC[C@H](C)[C@@H](CO)NS(=O)(=O)c1ccc([N+](=O)[O-])cc1. The van der Waals surface area contributed by atoms with Crippen molar-refractivity contribution in [2.75, 3.05) is 6.61 Å². The molecule has 0 aliphatic heterocycles. The number of sulfonamides is 1. The predicted octanol–water partition coefficient (Wildman–Crippen LogP) is 1.28. The number of non-ortho nitro benzene ring substituents is 1. The third-order valence-corrected chi connectivity index (χ3v) is 4.70. The predicted molar refractivity (Wildman–Crippen MR) is 73.7 cm³/mol. The Balaban J connectivity index is 2.95. The fourth-order valence-electron chi connectivity index (χ4n) is 1.63. The summed E-state index contributed by atoms with van der Waals surface area (Å²) >= 11 is 0. The molecule has 112 valence electrons. The van der Waals surface area contributed by atoms with Crippen LogP contribution < -0.4 is 4.72 Å². The lowest BCUT2D eigenvalue weighted by atomic mass is 10.0. The lowest BCUT2D eigenvalue weighted by Gasteiger charge is -2.21. The van der Waals surface area contributed by atoms with Crippen LogP contribution in [0.1, 0.15) is 20.3 Å². The standard InChI is InChI=1S/C12H18N2O5S/c1-3-9(2)12(8-15)13-20(18,19)11-6-4-10(5-7-11)14(16)17/h4-7,9,12-13,15H,3,8H2,1-2H3/t9-,12+/m0/s1. The minimum Gasteiger partial charge on any atom is -0.395 e. The number of nitrogens with zero attached hydrogens (tertiary/aromatic N) is 1. The van der Waals surface area contributed by atoms with E-state index in [0.29, 0.717) is 6.42 Å². The highest BCUT2D eigenvalue weighted by molar-refractivity contribution is 7.89. The highest BCUT2D eigenvalue weighted by Gasteiger charge is 2.23. The molecule has 1 aromatic rings. The lowest BCUT2D eigenvalue weighted by Crippen LogP contribution is -2.41. The van der Waals surface area contributed by atoms with Gasteiger partial charge in [0.15, 0.2) is 0 Å². The van der Waals surface area contributed by atoms with Crippen molar-refractivity contribution in [3.05, 3.63) is 34.4 Å². The van der Waals surface area contributed by atoms with E-state index >= 15 is 0 Å². The van der Waals surface area contributed by atoms with E-state index in [2.05, 4.69) is 4.72 Å². The average Bonchev–Trinajstić information content (AvgIpc) is 2.44. The summed E-state index contributed by atoms with van der Waals surface area (Å²) in [7, 11) is -3.80. The van der Waals surface area contributed by atoms with Gasteiger partial charge in [-0.1, -0.05) is 20.3 Å². The summed E-state index contributed by atoms with van der Waals surface area (Å²) in [5.41, 5.74) is -0.176. The lowest BCUT2D eigenvalue weighted by molar-refractivity contribution is -0.384. The molecule has 0 saturated carbocycles. The van der Waals surface area contributed by atoms with E-state index in [0.717, 1.165) is 12.1 Å². The molecule has 0 spiro atoms. The summed E-state index contributed by atoms with van der Waals surface area (Å²) in [4.78, 5) is 9.86. The van der Waals surface area contributed by atoms with Gasteiger partial charge in [-0.25, -0.2) is 13.1 Å². The fourth-order valence-corrected chi connectivity index (χ4v) is 2.97. The van der Waals surface area contributed by atoms with E-state index in [-0.39, 0.29) is 23.1 Å². The number of nitro benzene ring substituents is 1. The maximum absolute atomic E-state index is 12.1. The van der Waals surface area contributed by atoms with E-state index in [1.165, 1.54) is 12.1 Å². The Morgan fingerprint density at radius 3 is 2.30 bits per heavy atom. The number of nitrogens with one attached hydrogen (secondary N) is 1. The molecule has 0 unspecified atom stereocenters. The number of hydrogen-bond donors (Lipinski definition) is 2. The van der Waals surface area contributed by atoms with Crippen molar-refractivity contribution in [3.8, 4) is 0 Å². The molecule has 2 atom stereocenters. The number of hydrogen-bond acceptors (Lipinski definition) is 5. The summed E-state index contributed by atoms with van der Waals surface area (Å²) < 4.78 is 26.6. The quantitative estimate of drug-likeness (QED) is 0.582. The van der Waals surface area contributed by atoms with Gasteiger partial charge in [0.05, 0.1) is 16.4 Å². The van der Waals surface area contributed by atoms with Crippen molar-refractivity contribution >= 4 is 15.7 Å². The van der Waals surface area contributed by atoms with Crippen LogP contribution in [0.25, 0.3) is 0 Å². The first-order valence-corrected chi connectivity index (χ1v) is 7.67. The van der Waals surface area contributed by atoms with E-state index in [1.54, 1.807) is 0 Å². The van der Waals surface area contributed by atoms with E-state index in [1.807, 2.05) is 13.8 Å². The van der Waals surface area contributed by atoms with E-state index < -0.39 is 21.0 Å². The number of rotatable bonds is 7. The van der Waals surface area contributed by atoms with Crippen LogP contribution in [0, 0.1) is 16.0 Å². The van der Waals surface area contributed by atoms with Crippen molar-refractivity contribution in [2.45, 2.75) is 31.2 Å². The first-order chi connectivity index (χ1) is 9.31. The Labute approximate surface area is 117 Å². The Bertz CT molecular complexity index is 556. The first-order valence-electron chi connectivity index (χ1n) is 6.19. The second-order valence-electron chi connectivity index (χ2n) is 4.55. The van der Waals surface area contributed by atoms with Crippen molar-refractivity contribution < 1.29 is 18.4 Å².